The molecule has 2 aliphatic carbocycles. The van der Waals surface area contributed by atoms with Gasteiger partial charge in [0.1, 0.15) is 0 Å². The lowest BCUT2D eigenvalue weighted by atomic mass is 9.79. The van der Waals surface area contributed by atoms with E-state index in [1.54, 1.807) is 11.1 Å². The molecule has 1 fully saturated rings. The maximum Gasteiger partial charge on any atom is 0.0244 e. The molecule has 0 spiro atoms. The smallest absolute Gasteiger partial charge is 0.0244 e. The molecule has 3 rings (SSSR count). The van der Waals surface area contributed by atoms with Gasteiger partial charge in [0.15, 0.2) is 0 Å². The van der Waals surface area contributed by atoms with Crippen molar-refractivity contribution < 1.29 is 0 Å². The lowest BCUT2D eigenvalue weighted by molar-refractivity contribution is 0.298. The molecule has 0 radical (unpaired) electrons. The van der Waals surface area contributed by atoms with Crippen LogP contribution in [0.25, 0.3) is 0 Å². The van der Waals surface area contributed by atoms with Crippen molar-refractivity contribution in [2.24, 2.45) is 17.7 Å². The van der Waals surface area contributed by atoms with E-state index >= 15 is 0 Å². The van der Waals surface area contributed by atoms with Crippen LogP contribution in [0.5, 0.6) is 0 Å². The zero-order valence-corrected chi connectivity index (χ0v) is 10.4. The number of aryl methyl sites for hydroxylation is 1. The molecule has 0 saturated heterocycles. The molecule has 0 aromatic heterocycles. The second kappa shape index (κ2) is 4.79. The molecule has 1 aromatic rings. The van der Waals surface area contributed by atoms with Gasteiger partial charge in [-0.3, -0.25) is 11.3 Å². The van der Waals surface area contributed by atoms with Gasteiger partial charge in [0, 0.05) is 6.04 Å². The predicted octanol–water partition coefficient (Wildman–Crippen LogP) is 2.42. The first-order valence-electron chi connectivity index (χ1n) is 6.89. The number of hydrogen-bond acceptors (Lipinski definition) is 2. The van der Waals surface area contributed by atoms with Gasteiger partial charge in [-0.05, 0) is 48.6 Å². The summed E-state index contributed by atoms with van der Waals surface area (Å²) >= 11 is 0. The highest BCUT2D eigenvalue weighted by molar-refractivity contribution is 5.30. The highest BCUT2D eigenvalue weighted by Crippen LogP contribution is 2.37. The van der Waals surface area contributed by atoms with Crippen LogP contribution in [0.4, 0.5) is 0 Å². The van der Waals surface area contributed by atoms with Crippen LogP contribution in [0, 0.1) is 11.8 Å². The minimum Gasteiger partial charge on any atom is -0.271 e. The van der Waals surface area contributed by atoms with Crippen molar-refractivity contribution in [2.45, 2.75) is 44.6 Å². The minimum absolute atomic E-state index is 0.524. The Labute approximate surface area is 104 Å². The number of nitrogens with two attached hydrogens (primary N) is 1. The Hall–Kier alpha value is -0.860. The van der Waals surface area contributed by atoms with Crippen molar-refractivity contribution >= 4 is 0 Å². The van der Waals surface area contributed by atoms with Crippen LogP contribution in [0.15, 0.2) is 24.3 Å². The average Bonchev–Trinajstić information content (AvgIpc) is 3.19. The second-order valence-corrected chi connectivity index (χ2v) is 5.72. The maximum absolute atomic E-state index is 5.75. The molecular weight excluding hydrogens is 208 g/mol. The molecule has 3 N–H and O–H groups in total. The van der Waals surface area contributed by atoms with Crippen LogP contribution in [0.1, 0.15) is 36.8 Å². The molecule has 1 aromatic carbocycles. The molecule has 0 amide bonds. The van der Waals surface area contributed by atoms with Gasteiger partial charge in [0.25, 0.3) is 0 Å². The standard InChI is InChI=1S/C15H22N2/c16-17-15(9-11-5-6-11)14-8-7-12-3-1-2-4-13(12)10-14/h1-4,11,14-15,17H,5-10,16H2. The van der Waals surface area contributed by atoms with Crippen molar-refractivity contribution in [3.8, 4) is 0 Å². The zero-order valence-electron chi connectivity index (χ0n) is 10.4. The van der Waals surface area contributed by atoms with Crippen LogP contribution >= 0.6 is 0 Å². The monoisotopic (exact) mass is 230 g/mol. The van der Waals surface area contributed by atoms with Gasteiger partial charge in [-0.2, -0.15) is 0 Å². The third-order valence-corrected chi connectivity index (χ3v) is 4.45. The van der Waals surface area contributed by atoms with Crippen molar-refractivity contribution in [1.82, 2.24) is 5.43 Å². The van der Waals surface area contributed by atoms with Crippen molar-refractivity contribution in [1.29, 1.82) is 0 Å². The summed E-state index contributed by atoms with van der Waals surface area (Å²) in [6.45, 7) is 0. The first-order valence-corrected chi connectivity index (χ1v) is 6.89. The zero-order chi connectivity index (χ0) is 11.7. The normalized spacial score (nSPS) is 25.4. The maximum atomic E-state index is 5.75. The summed E-state index contributed by atoms with van der Waals surface area (Å²) in [4.78, 5) is 0. The molecule has 0 aliphatic heterocycles. The largest absolute Gasteiger partial charge is 0.271 e. The number of rotatable bonds is 4. The first kappa shape index (κ1) is 11.2. The molecule has 2 unspecified atom stereocenters. The molecule has 2 atom stereocenters. The summed E-state index contributed by atoms with van der Waals surface area (Å²) in [6.07, 6.45) is 7.84. The van der Waals surface area contributed by atoms with Crippen LogP contribution in [0.3, 0.4) is 0 Å². The quantitative estimate of drug-likeness (QED) is 0.616. The summed E-state index contributed by atoms with van der Waals surface area (Å²) in [5.41, 5.74) is 6.16. The fourth-order valence-electron chi connectivity index (χ4n) is 3.18. The lowest BCUT2D eigenvalue weighted by Gasteiger charge is -2.31. The SMILES string of the molecule is NNC(CC1CC1)C1CCc2ccccc2C1. The molecule has 2 heteroatoms. The fourth-order valence-corrected chi connectivity index (χ4v) is 3.18. The van der Waals surface area contributed by atoms with E-state index in [0.29, 0.717) is 6.04 Å². The number of benzene rings is 1. The fraction of sp³-hybridized carbons (Fsp3) is 0.600. The Kier molecular flexibility index (Phi) is 3.17. The summed E-state index contributed by atoms with van der Waals surface area (Å²) in [5.74, 6) is 7.43. The molecule has 2 aliphatic rings. The molecule has 1 saturated carbocycles. The van der Waals surface area contributed by atoms with Crippen LogP contribution in [-0.4, -0.2) is 6.04 Å². The lowest BCUT2D eigenvalue weighted by Crippen LogP contribution is -2.43. The van der Waals surface area contributed by atoms with E-state index < -0.39 is 0 Å². The van der Waals surface area contributed by atoms with Gasteiger partial charge >= 0.3 is 0 Å². The third-order valence-electron chi connectivity index (χ3n) is 4.45. The molecule has 0 bridgehead atoms. The third kappa shape index (κ3) is 2.53. The van der Waals surface area contributed by atoms with Gasteiger partial charge in [-0.1, -0.05) is 37.1 Å². The second-order valence-electron chi connectivity index (χ2n) is 5.72. The molecule has 2 nitrogen and oxygen atoms in total. The van der Waals surface area contributed by atoms with Gasteiger partial charge in [0.05, 0.1) is 0 Å². The number of hydrogen-bond donors (Lipinski definition) is 2. The molecule has 92 valence electrons. The first-order chi connectivity index (χ1) is 8.36. The number of fused-ring (bicyclic) bond motifs is 1. The van der Waals surface area contributed by atoms with E-state index in [4.69, 9.17) is 5.84 Å². The number of hydrazine groups is 1. The van der Waals surface area contributed by atoms with Crippen LogP contribution < -0.4 is 11.3 Å². The summed E-state index contributed by atoms with van der Waals surface area (Å²) in [5, 5.41) is 0. The van der Waals surface area contributed by atoms with Gasteiger partial charge in [0.2, 0.25) is 0 Å². The van der Waals surface area contributed by atoms with Gasteiger partial charge in [-0.15, -0.1) is 0 Å². The highest BCUT2D eigenvalue weighted by atomic mass is 15.2. The van der Waals surface area contributed by atoms with E-state index in [2.05, 4.69) is 29.7 Å². The van der Waals surface area contributed by atoms with E-state index in [1.807, 2.05) is 0 Å². The van der Waals surface area contributed by atoms with Crippen LogP contribution in [-0.2, 0) is 12.8 Å². The topological polar surface area (TPSA) is 38.0 Å². The summed E-state index contributed by atoms with van der Waals surface area (Å²) in [7, 11) is 0. The molecule has 0 heterocycles. The van der Waals surface area contributed by atoms with Crippen molar-refractivity contribution in [3.63, 3.8) is 0 Å². The van der Waals surface area contributed by atoms with E-state index in [0.717, 1.165) is 11.8 Å². The highest BCUT2D eigenvalue weighted by Gasteiger charge is 2.31. The Morgan fingerprint density at radius 1 is 1.18 bits per heavy atom. The predicted molar refractivity (Wildman–Crippen MR) is 70.4 cm³/mol. The molecule has 17 heavy (non-hydrogen) atoms. The Morgan fingerprint density at radius 3 is 2.65 bits per heavy atom. The summed E-state index contributed by atoms with van der Waals surface area (Å²) in [6, 6.07) is 9.40. The minimum atomic E-state index is 0.524. The Balaban J connectivity index is 1.69. The number of nitrogens with one attached hydrogen (secondary N) is 1. The average molecular weight is 230 g/mol. The van der Waals surface area contributed by atoms with Crippen LogP contribution in [0.2, 0.25) is 0 Å². The van der Waals surface area contributed by atoms with Gasteiger partial charge < -0.3 is 0 Å². The molecular formula is C15H22N2. The van der Waals surface area contributed by atoms with E-state index in [1.165, 1.54) is 38.5 Å². The van der Waals surface area contributed by atoms with E-state index in [-0.39, 0.29) is 0 Å². The van der Waals surface area contributed by atoms with Crippen molar-refractivity contribution in [3.05, 3.63) is 35.4 Å². The summed E-state index contributed by atoms with van der Waals surface area (Å²) < 4.78 is 0. The Bertz CT molecular complexity index is 384. The van der Waals surface area contributed by atoms with Crippen molar-refractivity contribution in [2.75, 3.05) is 0 Å². The Morgan fingerprint density at radius 2 is 1.94 bits per heavy atom. The van der Waals surface area contributed by atoms with E-state index in [9.17, 15) is 0 Å². The van der Waals surface area contributed by atoms with Gasteiger partial charge in [-0.25, -0.2) is 0 Å².